The molecule has 0 saturated heterocycles. The maximum absolute atomic E-state index is 14.3. The van der Waals surface area contributed by atoms with Crippen molar-refractivity contribution in [2.24, 2.45) is 0 Å². The smallest absolute Gasteiger partial charge is 0.150 e. The Bertz CT molecular complexity index is 833. The lowest BCUT2D eigenvalue weighted by Crippen LogP contribution is -2.00. The van der Waals surface area contributed by atoms with Crippen LogP contribution in [0.5, 0.6) is 0 Å². The van der Waals surface area contributed by atoms with E-state index in [1.54, 1.807) is 24.4 Å². The summed E-state index contributed by atoms with van der Waals surface area (Å²) in [7, 11) is 0. The fraction of sp³-hybridized carbons (Fsp3) is 0.0625. The van der Waals surface area contributed by atoms with Gasteiger partial charge in [-0.2, -0.15) is 0 Å². The Morgan fingerprint density at radius 1 is 1.24 bits per heavy atom. The second-order valence-electron chi connectivity index (χ2n) is 4.81. The van der Waals surface area contributed by atoms with Crippen molar-refractivity contribution in [3.05, 3.63) is 59.0 Å². The van der Waals surface area contributed by atoms with Gasteiger partial charge in [0.2, 0.25) is 0 Å². The summed E-state index contributed by atoms with van der Waals surface area (Å²) in [6, 6.07) is 10.3. The molecule has 0 unspecified atom stereocenters. The number of benzene rings is 2. The van der Waals surface area contributed by atoms with Crippen molar-refractivity contribution in [3.8, 4) is 0 Å². The van der Waals surface area contributed by atoms with E-state index in [1.807, 2.05) is 19.1 Å². The van der Waals surface area contributed by atoms with Gasteiger partial charge in [-0.05, 0) is 42.8 Å². The molecule has 3 N–H and O–H groups in total. The van der Waals surface area contributed by atoms with Gasteiger partial charge in [0.25, 0.3) is 0 Å². The van der Waals surface area contributed by atoms with E-state index in [1.165, 1.54) is 6.07 Å². The van der Waals surface area contributed by atoms with E-state index in [2.05, 4.69) is 10.3 Å². The molecule has 1 heterocycles. The highest BCUT2D eigenvalue weighted by molar-refractivity contribution is 6.30. The number of hydrogen-bond donors (Lipinski definition) is 2. The highest BCUT2D eigenvalue weighted by atomic mass is 35.5. The molecule has 0 spiro atoms. The Balaban J connectivity index is 2.19. The topological polar surface area (TPSA) is 50.9 Å². The number of hydrogen-bond acceptors (Lipinski definition) is 3. The van der Waals surface area contributed by atoms with Crippen LogP contribution in [0, 0.1) is 12.7 Å². The SMILES string of the molecule is Cc1ccc(Cl)cc1Nc1c(F)cc(N)c2cccnc12. The number of pyridine rings is 1. The van der Waals surface area contributed by atoms with Crippen LogP contribution in [-0.2, 0) is 0 Å². The van der Waals surface area contributed by atoms with E-state index in [-0.39, 0.29) is 0 Å². The average Bonchev–Trinajstić information content (AvgIpc) is 2.47. The number of nitrogen functional groups attached to an aromatic ring is 1. The second-order valence-corrected chi connectivity index (χ2v) is 5.24. The van der Waals surface area contributed by atoms with Gasteiger partial charge in [-0.15, -0.1) is 0 Å². The van der Waals surface area contributed by atoms with Gasteiger partial charge in [0.1, 0.15) is 5.69 Å². The molecule has 2 aromatic carbocycles. The van der Waals surface area contributed by atoms with E-state index in [9.17, 15) is 4.39 Å². The highest BCUT2D eigenvalue weighted by Crippen LogP contribution is 2.33. The molecule has 0 aliphatic carbocycles. The Kier molecular flexibility index (Phi) is 3.39. The standard InChI is InChI=1S/C16H13ClFN3/c1-9-4-5-10(17)7-14(9)21-16-12(18)8-13(19)11-3-2-6-20-15(11)16/h2-8,21H,19H2,1H3. The van der Waals surface area contributed by atoms with E-state index in [0.717, 1.165) is 11.3 Å². The lowest BCUT2D eigenvalue weighted by molar-refractivity contribution is 0.634. The molecule has 0 saturated carbocycles. The number of halogens is 2. The molecular weight excluding hydrogens is 289 g/mol. The number of nitrogens with zero attached hydrogens (tertiary/aromatic N) is 1. The summed E-state index contributed by atoms with van der Waals surface area (Å²) >= 11 is 6.00. The molecule has 0 amide bonds. The fourth-order valence-corrected chi connectivity index (χ4v) is 2.39. The van der Waals surface area contributed by atoms with Gasteiger partial charge < -0.3 is 11.1 Å². The lowest BCUT2D eigenvalue weighted by Gasteiger charge is -2.14. The summed E-state index contributed by atoms with van der Waals surface area (Å²) in [5.74, 6) is -0.446. The van der Waals surface area contributed by atoms with Crippen molar-refractivity contribution < 1.29 is 4.39 Å². The number of aryl methyl sites for hydroxylation is 1. The summed E-state index contributed by atoms with van der Waals surface area (Å²) in [6.07, 6.45) is 1.61. The second kappa shape index (κ2) is 5.22. The molecule has 0 fully saturated rings. The van der Waals surface area contributed by atoms with Crippen LogP contribution in [0.1, 0.15) is 5.56 Å². The Hall–Kier alpha value is -2.33. The zero-order chi connectivity index (χ0) is 15.0. The van der Waals surface area contributed by atoms with Crippen molar-refractivity contribution in [1.82, 2.24) is 4.98 Å². The first-order valence-corrected chi connectivity index (χ1v) is 6.80. The summed E-state index contributed by atoms with van der Waals surface area (Å²) in [5.41, 5.74) is 8.69. The largest absolute Gasteiger partial charge is 0.398 e. The van der Waals surface area contributed by atoms with Gasteiger partial charge in [0.15, 0.2) is 5.82 Å². The lowest BCUT2D eigenvalue weighted by atomic mass is 10.1. The van der Waals surface area contributed by atoms with Gasteiger partial charge in [-0.1, -0.05) is 17.7 Å². The summed E-state index contributed by atoms with van der Waals surface area (Å²) < 4.78 is 14.3. The third-order valence-corrected chi connectivity index (χ3v) is 3.57. The summed E-state index contributed by atoms with van der Waals surface area (Å²) in [4.78, 5) is 4.24. The van der Waals surface area contributed by atoms with E-state index >= 15 is 0 Å². The third-order valence-electron chi connectivity index (χ3n) is 3.34. The van der Waals surface area contributed by atoms with Crippen molar-refractivity contribution in [1.29, 1.82) is 0 Å². The molecule has 5 heteroatoms. The first-order valence-electron chi connectivity index (χ1n) is 6.42. The highest BCUT2D eigenvalue weighted by Gasteiger charge is 2.13. The van der Waals surface area contributed by atoms with Crippen molar-refractivity contribution in [2.45, 2.75) is 6.92 Å². The molecule has 0 radical (unpaired) electrons. The minimum absolute atomic E-state index is 0.296. The Morgan fingerprint density at radius 3 is 2.86 bits per heavy atom. The third kappa shape index (κ3) is 2.50. The maximum Gasteiger partial charge on any atom is 0.150 e. The summed E-state index contributed by atoms with van der Waals surface area (Å²) in [5, 5.41) is 4.36. The normalized spacial score (nSPS) is 10.8. The molecular formula is C16H13ClFN3. The Labute approximate surface area is 126 Å². The number of rotatable bonds is 2. The predicted octanol–water partition coefficient (Wildman–Crippen LogP) is 4.66. The number of fused-ring (bicyclic) bond motifs is 1. The van der Waals surface area contributed by atoms with Crippen LogP contribution < -0.4 is 11.1 Å². The average molecular weight is 302 g/mol. The van der Waals surface area contributed by atoms with Crippen molar-refractivity contribution in [3.63, 3.8) is 0 Å². The van der Waals surface area contributed by atoms with Gasteiger partial charge in [0, 0.05) is 28.0 Å². The molecule has 21 heavy (non-hydrogen) atoms. The molecule has 0 aliphatic heterocycles. The molecule has 0 aliphatic rings. The summed E-state index contributed by atoms with van der Waals surface area (Å²) in [6.45, 7) is 1.92. The van der Waals surface area contributed by atoms with Crippen molar-refractivity contribution >= 4 is 39.6 Å². The first-order chi connectivity index (χ1) is 10.1. The van der Waals surface area contributed by atoms with E-state index in [0.29, 0.717) is 27.3 Å². The predicted molar refractivity (Wildman–Crippen MR) is 85.6 cm³/mol. The molecule has 0 bridgehead atoms. The van der Waals surface area contributed by atoms with Crippen molar-refractivity contribution in [2.75, 3.05) is 11.1 Å². The van der Waals surface area contributed by atoms with Gasteiger partial charge in [0.05, 0.1) is 5.52 Å². The van der Waals surface area contributed by atoms with Crippen LogP contribution in [0.3, 0.4) is 0 Å². The van der Waals surface area contributed by atoms with Crippen LogP contribution in [0.25, 0.3) is 10.9 Å². The van der Waals surface area contributed by atoms with Crippen LogP contribution in [-0.4, -0.2) is 4.98 Å². The maximum atomic E-state index is 14.3. The Morgan fingerprint density at radius 2 is 2.05 bits per heavy atom. The number of nitrogens with one attached hydrogen (secondary N) is 1. The number of anilines is 3. The van der Waals surface area contributed by atoms with Gasteiger partial charge >= 0.3 is 0 Å². The quantitative estimate of drug-likeness (QED) is 0.677. The minimum atomic E-state index is -0.446. The molecule has 0 atom stereocenters. The molecule has 3 rings (SSSR count). The van der Waals surface area contributed by atoms with Crippen LogP contribution in [0.2, 0.25) is 5.02 Å². The van der Waals surface area contributed by atoms with Gasteiger partial charge in [-0.3, -0.25) is 4.98 Å². The molecule has 106 valence electrons. The molecule has 3 aromatic rings. The first kappa shape index (κ1) is 13.6. The fourth-order valence-electron chi connectivity index (χ4n) is 2.22. The number of nitrogens with two attached hydrogens (primary N) is 1. The van der Waals surface area contributed by atoms with Crippen LogP contribution in [0.4, 0.5) is 21.5 Å². The molecule has 1 aromatic heterocycles. The zero-order valence-electron chi connectivity index (χ0n) is 11.3. The van der Waals surface area contributed by atoms with Crippen LogP contribution >= 0.6 is 11.6 Å². The zero-order valence-corrected chi connectivity index (χ0v) is 12.1. The number of aromatic nitrogens is 1. The monoisotopic (exact) mass is 301 g/mol. The van der Waals surface area contributed by atoms with Gasteiger partial charge in [-0.25, -0.2) is 4.39 Å². The van der Waals surface area contributed by atoms with Crippen LogP contribution in [0.15, 0.2) is 42.6 Å². The van der Waals surface area contributed by atoms with E-state index < -0.39 is 5.82 Å². The molecule has 3 nitrogen and oxygen atoms in total. The van der Waals surface area contributed by atoms with E-state index in [4.69, 9.17) is 17.3 Å². The minimum Gasteiger partial charge on any atom is -0.398 e.